The topological polar surface area (TPSA) is 94.0 Å². The van der Waals surface area contributed by atoms with Crippen molar-refractivity contribution in [3.63, 3.8) is 0 Å². The molecule has 0 radical (unpaired) electrons. The summed E-state index contributed by atoms with van der Waals surface area (Å²) in [5, 5.41) is 11.4. The van der Waals surface area contributed by atoms with Crippen molar-refractivity contribution in [1.82, 2.24) is 14.9 Å². The first-order valence-electron chi connectivity index (χ1n) is 9.71. The minimum atomic E-state index is -1.17. The fraction of sp³-hybridized carbons (Fsp3) is 0.476. The molecule has 2 aliphatic heterocycles. The van der Waals surface area contributed by atoms with Crippen LogP contribution in [-0.2, 0) is 16.9 Å². The summed E-state index contributed by atoms with van der Waals surface area (Å²) in [6.07, 6.45) is 3.64. The van der Waals surface area contributed by atoms with Crippen molar-refractivity contribution >= 4 is 6.09 Å². The van der Waals surface area contributed by atoms with Gasteiger partial charge in [0.25, 0.3) is 0 Å². The number of nitrogens with zero attached hydrogens (tertiary/aromatic N) is 3. The van der Waals surface area contributed by atoms with Crippen molar-refractivity contribution in [3.8, 4) is 11.9 Å². The van der Waals surface area contributed by atoms with Crippen molar-refractivity contribution in [2.24, 2.45) is 0 Å². The van der Waals surface area contributed by atoms with E-state index in [1.165, 1.54) is 14.2 Å². The molecule has 2 bridgehead atoms. The third kappa shape index (κ3) is 3.72. The molecule has 0 spiro atoms. The summed E-state index contributed by atoms with van der Waals surface area (Å²) >= 11 is 0. The number of methoxy groups -OCH3 is 2. The number of aromatic nitrogens is 2. The second-order valence-electron chi connectivity index (χ2n) is 7.55. The number of hydrogen-bond acceptors (Lipinski definition) is 7. The van der Waals surface area contributed by atoms with Gasteiger partial charge in [0, 0.05) is 31.1 Å². The number of fused-ring (bicyclic) bond motifs is 2. The van der Waals surface area contributed by atoms with Crippen LogP contribution >= 0.6 is 0 Å². The molecule has 3 heterocycles. The Kier molecular flexibility index (Phi) is 5.27. The SMILES string of the molecule is COc1ncc(C2(O)CC3CCC(C2)N3C(=O)OCc2ccccc2)c(OC)n1. The molecule has 0 saturated carbocycles. The van der Waals surface area contributed by atoms with Crippen LogP contribution in [0.4, 0.5) is 4.79 Å². The maximum Gasteiger partial charge on any atom is 0.410 e. The molecule has 2 saturated heterocycles. The molecular weight excluding hydrogens is 374 g/mol. The van der Waals surface area contributed by atoms with Crippen molar-refractivity contribution in [2.45, 2.75) is 50.0 Å². The van der Waals surface area contributed by atoms with E-state index >= 15 is 0 Å². The Labute approximate surface area is 169 Å². The molecule has 1 N–H and O–H groups in total. The second kappa shape index (κ2) is 7.87. The van der Waals surface area contributed by atoms with E-state index in [0.717, 1.165) is 18.4 Å². The molecule has 4 rings (SSSR count). The molecular formula is C21H25N3O5. The highest BCUT2D eigenvalue weighted by molar-refractivity contribution is 5.69. The van der Waals surface area contributed by atoms with Crippen LogP contribution in [0.1, 0.15) is 36.8 Å². The first-order valence-corrected chi connectivity index (χ1v) is 9.71. The van der Waals surface area contributed by atoms with E-state index in [-0.39, 0.29) is 30.8 Å². The maximum absolute atomic E-state index is 12.7. The molecule has 2 aromatic rings. The molecule has 1 amide bonds. The number of rotatable bonds is 5. The summed E-state index contributed by atoms with van der Waals surface area (Å²) < 4.78 is 15.9. The zero-order valence-corrected chi connectivity index (χ0v) is 16.6. The van der Waals surface area contributed by atoms with Crippen molar-refractivity contribution in [1.29, 1.82) is 0 Å². The van der Waals surface area contributed by atoms with Crippen LogP contribution in [0.15, 0.2) is 36.5 Å². The van der Waals surface area contributed by atoms with E-state index in [0.29, 0.717) is 24.3 Å². The first-order chi connectivity index (χ1) is 14.0. The van der Waals surface area contributed by atoms with Crippen LogP contribution in [0.5, 0.6) is 11.9 Å². The molecule has 0 aliphatic carbocycles. The summed E-state index contributed by atoms with van der Waals surface area (Å²) in [6, 6.07) is 9.58. The zero-order valence-electron chi connectivity index (χ0n) is 16.6. The van der Waals surface area contributed by atoms with Gasteiger partial charge < -0.3 is 24.2 Å². The van der Waals surface area contributed by atoms with Gasteiger partial charge in [0.15, 0.2) is 0 Å². The fourth-order valence-electron chi connectivity index (χ4n) is 4.46. The number of benzene rings is 1. The average molecular weight is 399 g/mol. The van der Waals surface area contributed by atoms with E-state index in [2.05, 4.69) is 9.97 Å². The van der Waals surface area contributed by atoms with Gasteiger partial charge in [0.1, 0.15) is 12.2 Å². The van der Waals surface area contributed by atoms with Crippen LogP contribution in [0, 0.1) is 0 Å². The largest absolute Gasteiger partial charge is 0.481 e. The summed E-state index contributed by atoms with van der Waals surface area (Å²) in [4.78, 5) is 22.9. The Morgan fingerprint density at radius 3 is 2.48 bits per heavy atom. The van der Waals surface area contributed by atoms with Crippen LogP contribution < -0.4 is 9.47 Å². The quantitative estimate of drug-likeness (QED) is 0.826. The lowest BCUT2D eigenvalue weighted by molar-refractivity contribution is -0.0554. The minimum Gasteiger partial charge on any atom is -0.481 e. The summed E-state index contributed by atoms with van der Waals surface area (Å²) in [6.45, 7) is 0.236. The Morgan fingerprint density at radius 1 is 1.17 bits per heavy atom. The van der Waals surface area contributed by atoms with Gasteiger partial charge >= 0.3 is 12.1 Å². The minimum absolute atomic E-state index is 0.103. The fourth-order valence-corrected chi connectivity index (χ4v) is 4.46. The van der Waals surface area contributed by atoms with Crippen molar-refractivity contribution in [3.05, 3.63) is 47.7 Å². The van der Waals surface area contributed by atoms with Crippen molar-refractivity contribution < 1.29 is 24.1 Å². The van der Waals surface area contributed by atoms with Gasteiger partial charge in [0.05, 0.1) is 19.8 Å². The predicted octanol–water partition coefficient (Wildman–Crippen LogP) is 2.65. The number of piperidine rings is 1. The Bertz CT molecular complexity index is 862. The molecule has 2 fully saturated rings. The van der Waals surface area contributed by atoms with Gasteiger partial charge in [-0.1, -0.05) is 30.3 Å². The smallest absolute Gasteiger partial charge is 0.410 e. The monoisotopic (exact) mass is 399 g/mol. The molecule has 2 aliphatic rings. The lowest BCUT2D eigenvalue weighted by Crippen LogP contribution is -2.52. The van der Waals surface area contributed by atoms with Gasteiger partial charge in [-0.2, -0.15) is 4.98 Å². The summed E-state index contributed by atoms with van der Waals surface area (Å²) in [5.41, 5.74) is 0.302. The number of amides is 1. The predicted molar refractivity (Wildman–Crippen MR) is 104 cm³/mol. The highest BCUT2D eigenvalue weighted by Crippen LogP contribution is 2.47. The molecule has 2 atom stereocenters. The lowest BCUT2D eigenvalue weighted by Gasteiger charge is -2.43. The van der Waals surface area contributed by atoms with E-state index in [4.69, 9.17) is 14.2 Å². The van der Waals surface area contributed by atoms with Crippen LogP contribution in [-0.4, -0.2) is 52.4 Å². The number of carbonyl (C=O) groups is 1. The zero-order chi connectivity index (χ0) is 20.4. The third-order valence-electron chi connectivity index (χ3n) is 5.79. The van der Waals surface area contributed by atoms with Gasteiger partial charge in [-0.3, -0.25) is 0 Å². The highest BCUT2D eigenvalue weighted by Gasteiger charge is 2.52. The number of carbonyl (C=O) groups excluding carboxylic acids is 1. The van der Waals surface area contributed by atoms with E-state index < -0.39 is 5.60 Å². The van der Waals surface area contributed by atoms with Gasteiger partial charge in [-0.05, 0) is 18.4 Å². The second-order valence-corrected chi connectivity index (χ2v) is 7.55. The molecule has 8 heteroatoms. The van der Waals surface area contributed by atoms with Gasteiger partial charge in [-0.25, -0.2) is 9.78 Å². The van der Waals surface area contributed by atoms with E-state index in [9.17, 15) is 9.90 Å². The number of ether oxygens (including phenoxy) is 3. The standard InChI is InChI=1S/C21H25N3O5/c1-27-18-17(12-22-19(23-18)28-2)21(26)10-15-8-9-16(11-21)24(15)20(25)29-13-14-6-4-3-5-7-14/h3-7,12,15-16,26H,8-11,13H2,1-2H3. The maximum atomic E-state index is 12.7. The lowest BCUT2D eigenvalue weighted by atomic mass is 9.81. The van der Waals surface area contributed by atoms with E-state index in [1.54, 1.807) is 11.1 Å². The van der Waals surface area contributed by atoms with Crippen LogP contribution in [0.2, 0.25) is 0 Å². The summed E-state index contributed by atoms with van der Waals surface area (Å²) in [7, 11) is 2.97. The molecule has 1 aromatic heterocycles. The molecule has 1 aromatic carbocycles. The van der Waals surface area contributed by atoms with E-state index in [1.807, 2.05) is 30.3 Å². The first kappa shape index (κ1) is 19.4. The number of aliphatic hydroxyl groups is 1. The molecule has 29 heavy (non-hydrogen) atoms. The molecule has 8 nitrogen and oxygen atoms in total. The van der Waals surface area contributed by atoms with Crippen LogP contribution in [0.3, 0.4) is 0 Å². The van der Waals surface area contributed by atoms with Crippen LogP contribution in [0.25, 0.3) is 0 Å². The number of hydrogen-bond donors (Lipinski definition) is 1. The van der Waals surface area contributed by atoms with Crippen molar-refractivity contribution in [2.75, 3.05) is 14.2 Å². The van der Waals surface area contributed by atoms with Gasteiger partial charge in [0.2, 0.25) is 5.88 Å². The third-order valence-corrected chi connectivity index (χ3v) is 5.79. The molecule has 2 unspecified atom stereocenters. The Hall–Kier alpha value is -2.87. The molecule has 154 valence electrons. The Balaban J connectivity index is 1.49. The average Bonchev–Trinajstić information content (AvgIpc) is 3.04. The Morgan fingerprint density at radius 2 is 1.86 bits per heavy atom. The normalized spacial score (nSPS) is 25.6. The van der Waals surface area contributed by atoms with Gasteiger partial charge in [-0.15, -0.1) is 0 Å². The summed E-state index contributed by atoms with van der Waals surface area (Å²) in [5.74, 6) is 0.291. The highest BCUT2D eigenvalue weighted by atomic mass is 16.6.